The average molecular weight is 292 g/mol. The lowest BCUT2D eigenvalue weighted by Crippen LogP contribution is -2.54. The van der Waals surface area contributed by atoms with Gasteiger partial charge in [0.25, 0.3) is 0 Å². The highest BCUT2D eigenvalue weighted by atomic mass is 79.9. The number of halogens is 1. The van der Waals surface area contributed by atoms with E-state index in [0.717, 1.165) is 6.42 Å². The summed E-state index contributed by atoms with van der Waals surface area (Å²) in [5.74, 6) is 0.528. The van der Waals surface area contributed by atoms with Crippen LogP contribution in [0.4, 0.5) is 0 Å². The Balaban J connectivity index is 2.70. The van der Waals surface area contributed by atoms with Gasteiger partial charge in [0.1, 0.15) is 0 Å². The minimum Gasteiger partial charge on any atom is -0.375 e. The van der Waals surface area contributed by atoms with Crippen LogP contribution in [-0.2, 0) is 9.53 Å². The maximum Gasteiger partial charge on any atom is 0.237 e. The Bertz CT molecular complexity index is 245. The smallest absolute Gasteiger partial charge is 0.237 e. The van der Waals surface area contributed by atoms with Crippen molar-refractivity contribution in [2.75, 3.05) is 13.2 Å². The number of rotatable bonds is 3. The van der Waals surface area contributed by atoms with E-state index in [1.165, 1.54) is 0 Å². The molecule has 3 nitrogen and oxygen atoms in total. The topological polar surface area (TPSA) is 29.5 Å². The third-order valence-corrected chi connectivity index (χ3v) is 4.49. The molecular weight excluding hydrogens is 270 g/mol. The fraction of sp³-hybridized carbons (Fsp3) is 0.917. The molecule has 0 spiro atoms. The predicted molar refractivity (Wildman–Crippen MR) is 68.8 cm³/mol. The van der Waals surface area contributed by atoms with Gasteiger partial charge in [-0.3, -0.25) is 4.79 Å². The van der Waals surface area contributed by atoms with E-state index in [9.17, 15) is 4.79 Å². The number of alkyl halides is 1. The van der Waals surface area contributed by atoms with Gasteiger partial charge in [-0.15, -0.1) is 0 Å². The van der Waals surface area contributed by atoms with Gasteiger partial charge >= 0.3 is 0 Å². The Kier molecular flexibility index (Phi) is 5.25. The molecule has 0 N–H and O–H groups in total. The molecule has 0 aromatic carbocycles. The minimum absolute atomic E-state index is 0.0770. The summed E-state index contributed by atoms with van der Waals surface area (Å²) in [4.78, 5) is 14.2. The van der Waals surface area contributed by atoms with E-state index in [4.69, 9.17) is 4.74 Å². The lowest BCUT2D eigenvalue weighted by Gasteiger charge is -2.39. The van der Waals surface area contributed by atoms with Crippen LogP contribution in [-0.4, -0.2) is 40.9 Å². The first-order chi connectivity index (χ1) is 7.47. The van der Waals surface area contributed by atoms with E-state index >= 15 is 0 Å². The van der Waals surface area contributed by atoms with Gasteiger partial charge in [0, 0.05) is 6.54 Å². The van der Waals surface area contributed by atoms with Crippen molar-refractivity contribution < 1.29 is 9.53 Å². The second kappa shape index (κ2) is 6.01. The Labute approximate surface area is 107 Å². The number of hydrogen-bond acceptors (Lipinski definition) is 2. The summed E-state index contributed by atoms with van der Waals surface area (Å²) in [6.45, 7) is 9.62. The molecule has 1 fully saturated rings. The molecule has 0 radical (unpaired) electrons. The quantitative estimate of drug-likeness (QED) is 0.748. The highest BCUT2D eigenvalue weighted by Gasteiger charge is 2.33. The van der Waals surface area contributed by atoms with Crippen molar-refractivity contribution in [1.29, 1.82) is 0 Å². The second-order valence-corrected chi connectivity index (χ2v) is 5.83. The van der Waals surface area contributed by atoms with Gasteiger partial charge in [0.05, 0.1) is 23.6 Å². The standard InChI is InChI=1S/C12H22BrNO2/c1-5-10-7-16-9(4)6-14(10)12(15)11(13)8(2)3/h8-11H,5-7H2,1-4H3. The number of hydrogen-bond donors (Lipinski definition) is 0. The maximum absolute atomic E-state index is 12.3. The van der Waals surface area contributed by atoms with Crippen LogP contribution >= 0.6 is 15.9 Å². The van der Waals surface area contributed by atoms with Gasteiger partial charge in [0.15, 0.2) is 0 Å². The first-order valence-corrected chi connectivity index (χ1v) is 6.95. The first-order valence-electron chi connectivity index (χ1n) is 6.03. The maximum atomic E-state index is 12.3. The normalized spacial score (nSPS) is 28.2. The van der Waals surface area contributed by atoms with Gasteiger partial charge in [-0.2, -0.15) is 0 Å². The van der Waals surface area contributed by atoms with Gasteiger partial charge in [-0.1, -0.05) is 36.7 Å². The summed E-state index contributed by atoms with van der Waals surface area (Å²) in [5.41, 5.74) is 0. The third kappa shape index (κ3) is 3.20. The number of nitrogens with zero attached hydrogens (tertiary/aromatic N) is 1. The molecule has 0 bridgehead atoms. The first kappa shape index (κ1) is 14.0. The molecule has 1 aliphatic rings. The van der Waals surface area contributed by atoms with E-state index in [1.54, 1.807) is 0 Å². The van der Waals surface area contributed by atoms with Crippen molar-refractivity contribution in [3.8, 4) is 0 Å². The van der Waals surface area contributed by atoms with Crippen LogP contribution in [0.15, 0.2) is 0 Å². The van der Waals surface area contributed by atoms with Crippen LogP contribution in [0, 0.1) is 5.92 Å². The summed E-state index contributed by atoms with van der Waals surface area (Å²) >= 11 is 3.49. The fourth-order valence-corrected chi connectivity index (χ4v) is 2.16. The Morgan fingerprint density at radius 2 is 2.19 bits per heavy atom. The molecule has 1 rings (SSSR count). The van der Waals surface area contributed by atoms with Crippen molar-refractivity contribution in [3.05, 3.63) is 0 Å². The van der Waals surface area contributed by atoms with E-state index in [1.807, 2.05) is 11.8 Å². The van der Waals surface area contributed by atoms with Gasteiger partial charge < -0.3 is 9.64 Å². The van der Waals surface area contributed by atoms with Gasteiger partial charge in [-0.25, -0.2) is 0 Å². The van der Waals surface area contributed by atoms with Gasteiger partial charge in [0.2, 0.25) is 5.91 Å². The molecule has 1 saturated heterocycles. The van der Waals surface area contributed by atoms with Crippen LogP contribution in [0.2, 0.25) is 0 Å². The molecule has 16 heavy (non-hydrogen) atoms. The third-order valence-electron chi connectivity index (χ3n) is 3.04. The van der Waals surface area contributed by atoms with Crippen LogP contribution in [0.3, 0.4) is 0 Å². The summed E-state index contributed by atoms with van der Waals surface area (Å²) in [7, 11) is 0. The number of amides is 1. The molecule has 0 saturated carbocycles. The molecule has 1 amide bonds. The van der Waals surface area contributed by atoms with Crippen LogP contribution in [0.25, 0.3) is 0 Å². The molecule has 4 heteroatoms. The van der Waals surface area contributed by atoms with E-state index in [-0.39, 0.29) is 22.9 Å². The monoisotopic (exact) mass is 291 g/mol. The number of carbonyl (C=O) groups is 1. The Morgan fingerprint density at radius 1 is 1.56 bits per heavy atom. The van der Waals surface area contributed by atoms with Crippen LogP contribution < -0.4 is 0 Å². The average Bonchev–Trinajstić information content (AvgIpc) is 2.26. The van der Waals surface area contributed by atoms with E-state index < -0.39 is 0 Å². The largest absolute Gasteiger partial charge is 0.375 e. The molecule has 1 heterocycles. The van der Waals surface area contributed by atoms with Crippen molar-refractivity contribution in [3.63, 3.8) is 0 Å². The lowest BCUT2D eigenvalue weighted by atomic mass is 10.1. The summed E-state index contributed by atoms with van der Waals surface area (Å²) in [6.07, 6.45) is 1.11. The highest BCUT2D eigenvalue weighted by molar-refractivity contribution is 9.10. The number of carbonyl (C=O) groups excluding carboxylic acids is 1. The molecule has 94 valence electrons. The van der Waals surface area contributed by atoms with E-state index in [0.29, 0.717) is 19.1 Å². The summed E-state index contributed by atoms with van der Waals surface area (Å²) in [6, 6.07) is 0.238. The summed E-state index contributed by atoms with van der Waals surface area (Å²) in [5, 5.41) is 0. The Hall–Kier alpha value is -0.0900. The lowest BCUT2D eigenvalue weighted by molar-refractivity contribution is -0.144. The molecule has 3 unspecified atom stereocenters. The zero-order valence-electron chi connectivity index (χ0n) is 10.6. The van der Waals surface area contributed by atoms with Crippen molar-refractivity contribution >= 4 is 21.8 Å². The molecule has 0 aliphatic carbocycles. The van der Waals surface area contributed by atoms with Gasteiger partial charge in [-0.05, 0) is 19.3 Å². The fourth-order valence-electron chi connectivity index (χ4n) is 1.90. The van der Waals surface area contributed by atoms with Crippen LogP contribution in [0.5, 0.6) is 0 Å². The van der Waals surface area contributed by atoms with Crippen molar-refractivity contribution in [2.45, 2.75) is 51.1 Å². The number of morpholine rings is 1. The van der Waals surface area contributed by atoms with Crippen molar-refractivity contribution in [1.82, 2.24) is 4.90 Å². The minimum atomic E-state index is -0.0770. The zero-order chi connectivity index (χ0) is 12.3. The molecule has 0 aromatic heterocycles. The van der Waals surface area contributed by atoms with Crippen LogP contribution in [0.1, 0.15) is 34.1 Å². The predicted octanol–water partition coefficient (Wildman–Crippen LogP) is 2.43. The SMILES string of the molecule is CCC1COC(C)CN1C(=O)C(Br)C(C)C. The van der Waals surface area contributed by atoms with Crippen molar-refractivity contribution in [2.24, 2.45) is 5.92 Å². The zero-order valence-corrected chi connectivity index (χ0v) is 12.2. The summed E-state index contributed by atoms with van der Waals surface area (Å²) < 4.78 is 5.59. The number of ether oxygens (including phenoxy) is 1. The van der Waals surface area contributed by atoms with E-state index in [2.05, 4.69) is 36.7 Å². The Morgan fingerprint density at radius 3 is 2.69 bits per heavy atom. The molecule has 0 aromatic rings. The molecule has 1 aliphatic heterocycles. The molecule has 3 atom stereocenters. The highest BCUT2D eigenvalue weighted by Crippen LogP contribution is 2.21. The second-order valence-electron chi connectivity index (χ2n) is 4.84. The molecular formula is C12H22BrNO2.